The Balaban J connectivity index is 1.91. The maximum Gasteiger partial charge on any atom is 0.374 e. The highest BCUT2D eigenvalue weighted by molar-refractivity contribution is 5.97. The second-order valence-corrected chi connectivity index (χ2v) is 4.56. The van der Waals surface area contributed by atoms with Crippen molar-refractivity contribution < 1.29 is 19.1 Å². The summed E-state index contributed by atoms with van der Waals surface area (Å²) in [5.41, 5.74) is 6.33. The Morgan fingerprint density at radius 2 is 1.74 bits per heavy atom. The van der Waals surface area contributed by atoms with Crippen molar-refractivity contribution in [3.63, 3.8) is 0 Å². The van der Waals surface area contributed by atoms with Crippen molar-refractivity contribution in [2.75, 3.05) is 7.11 Å². The quantitative estimate of drug-likeness (QED) is 0.377. The van der Waals surface area contributed by atoms with Crippen LogP contribution in [0.2, 0.25) is 0 Å². The fraction of sp³-hybridized carbons (Fsp3) is 0.188. The predicted octanol–water partition coefficient (Wildman–Crippen LogP) is 1.72. The highest BCUT2D eigenvalue weighted by Gasteiger charge is 2.17. The fourth-order valence-electron chi connectivity index (χ4n) is 1.65. The average Bonchev–Trinajstić information content (AvgIpc) is 2.60. The van der Waals surface area contributed by atoms with E-state index < -0.39 is 12.1 Å². The van der Waals surface area contributed by atoms with Gasteiger partial charge in [0.2, 0.25) is 0 Å². The summed E-state index contributed by atoms with van der Waals surface area (Å²) in [5.74, 6) is 0.638. The molecule has 0 aliphatic heterocycles. The summed E-state index contributed by atoms with van der Waals surface area (Å²) >= 11 is 0. The third-order valence-electron chi connectivity index (χ3n) is 2.91. The molecule has 0 spiro atoms. The number of oxime groups is 1. The van der Waals surface area contributed by atoms with Crippen LogP contribution < -0.4 is 15.2 Å². The molecule has 0 amide bonds. The molecule has 1 atom stereocenters. The number of carbonyl (C=O) groups excluding carboxylic acids is 1. The van der Waals surface area contributed by atoms with Crippen LogP contribution in [0.3, 0.4) is 0 Å². The molecule has 0 saturated heterocycles. The summed E-state index contributed by atoms with van der Waals surface area (Å²) in [6, 6.07) is 10.2. The topological polar surface area (TPSA) is 96.0 Å². The smallest absolute Gasteiger partial charge is 0.374 e. The van der Waals surface area contributed by atoms with Gasteiger partial charge in [-0.15, -0.1) is 0 Å². The molecule has 23 heavy (non-hydrogen) atoms. The van der Waals surface area contributed by atoms with Crippen molar-refractivity contribution in [2.24, 2.45) is 10.9 Å². The summed E-state index contributed by atoms with van der Waals surface area (Å²) in [5, 5.41) is 3.60. The van der Waals surface area contributed by atoms with Crippen molar-refractivity contribution >= 4 is 11.8 Å². The van der Waals surface area contributed by atoms with Crippen LogP contribution in [0.5, 0.6) is 11.5 Å². The zero-order valence-corrected chi connectivity index (χ0v) is 12.8. The number of aromatic nitrogens is 1. The van der Waals surface area contributed by atoms with Crippen LogP contribution in [-0.2, 0) is 9.63 Å². The number of rotatable bonds is 6. The maximum atomic E-state index is 11.9. The van der Waals surface area contributed by atoms with Crippen molar-refractivity contribution in [1.29, 1.82) is 0 Å². The number of pyridine rings is 1. The molecule has 1 aromatic carbocycles. The Bertz CT molecular complexity index is 671. The first-order chi connectivity index (χ1) is 11.1. The Kier molecular flexibility index (Phi) is 5.51. The van der Waals surface area contributed by atoms with E-state index in [9.17, 15) is 4.79 Å². The van der Waals surface area contributed by atoms with E-state index in [2.05, 4.69) is 10.1 Å². The van der Waals surface area contributed by atoms with Crippen LogP contribution in [0.15, 0.2) is 53.9 Å². The molecule has 0 radical (unpaired) electrons. The second kappa shape index (κ2) is 7.79. The summed E-state index contributed by atoms with van der Waals surface area (Å²) in [7, 11) is 1.57. The van der Waals surface area contributed by atoms with Crippen LogP contribution in [0.4, 0.5) is 0 Å². The van der Waals surface area contributed by atoms with Crippen LogP contribution in [-0.4, -0.2) is 30.0 Å². The van der Waals surface area contributed by atoms with Gasteiger partial charge in [-0.25, -0.2) is 4.79 Å². The Morgan fingerprint density at radius 1 is 1.13 bits per heavy atom. The van der Waals surface area contributed by atoms with Gasteiger partial charge in [-0.2, -0.15) is 0 Å². The van der Waals surface area contributed by atoms with E-state index >= 15 is 0 Å². The van der Waals surface area contributed by atoms with Crippen LogP contribution in [0, 0.1) is 0 Å². The lowest BCUT2D eigenvalue weighted by Gasteiger charge is -2.12. The summed E-state index contributed by atoms with van der Waals surface area (Å²) in [6.07, 6.45) is 2.29. The average molecular weight is 315 g/mol. The molecule has 120 valence electrons. The van der Waals surface area contributed by atoms with Crippen LogP contribution in [0.25, 0.3) is 0 Å². The normalized spacial score (nSPS) is 12.3. The number of amidine groups is 1. The number of hydrogen-bond acceptors (Lipinski definition) is 6. The number of ether oxygens (including phenoxy) is 2. The molecule has 2 N–H and O–H groups in total. The van der Waals surface area contributed by atoms with Gasteiger partial charge >= 0.3 is 5.97 Å². The van der Waals surface area contributed by atoms with Crippen molar-refractivity contribution in [3.05, 3.63) is 54.4 Å². The first-order valence-electron chi connectivity index (χ1n) is 6.85. The Labute approximate surface area is 133 Å². The lowest BCUT2D eigenvalue weighted by molar-refractivity contribution is -0.151. The SMILES string of the molecule is COc1ccc(OC(C)C(=O)O/N=C(\N)c2ccncc2)cc1. The molecule has 0 fully saturated rings. The molecule has 7 heteroatoms. The first kappa shape index (κ1) is 16.3. The predicted molar refractivity (Wildman–Crippen MR) is 84.1 cm³/mol. The number of nitrogens with zero attached hydrogens (tertiary/aromatic N) is 2. The molecule has 1 heterocycles. The van der Waals surface area contributed by atoms with E-state index in [1.165, 1.54) is 0 Å². The largest absolute Gasteiger partial charge is 0.497 e. The minimum absolute atomic E-state index is 0.0809. The molecule has 7 nitrogen and oxygen atoms in total. The van der Waals surface area contributed by atoms with E-state index in [0.717, 1.165) is 0 Å². The van der Waals surface area contributed by atoms with Crippen molar-refractivity contribution in [2.45, 2.75) is 13.0 Å². The monoisotopic (exact) mass is 315 g/mol. The number of carbonyl (C=O) groups is 1. The highest BCUT2D eigenvalue weighted by atomic mass is 16.7. The lowest BCUT2D eigenvalue weighted by atomic mass is 10.2. The maximum absolute atomic E-state index is 11.9. The Morgan fingerprint density at radius 3 is 2.35 bits per heavy atom. The van der Waals surface area contributed by atoms with Gasteiger partial charge in [-0.05, 0) is 43.3 Å². The summed E-state index contributed by atoms with van der Waals surface area (Å²) in [6.45, 7) is 1.56. The van der Waals surface area contributed by atoms with Gasteiger partial charge in [0.1, 0.15) is 11.5 Å². The number of hydrogen-bond donors (Lipinski definition) is 1. The van der Waals surface area contributed by atoms with Crippen LogP contribution >= 0.6 is 0 Å². The van der Waals surface area contributed by atoms with E-state index in [4.69, 9.17) is 20.0 Å². The summed E-state index contributed by atoms with van der Waals surface area (Å²) < 4.78 is 10.5. The zero-order chi connectivity index (χ0) is 16.7. The van der Waals surface area contributed by atoms with Gasteiger partial charge in [0.05, 0.1) is 7.11 Å². The molecular formula is C16H17N3O4. The fourth-order valence-corrected chi connectivity index (χ4v) is 1.65. The standard InChI is InChI=1S/C16H17N3O4/c1-11(22-14-5-3-13(21-2)4-6-14)16(20)23-19-15(17)12-7-9-18-10-8-12/h3-11H,1-2H3,(H2,17,19). The third kappa shape index (κ3) is 4.70. The van der Waals surface area contributed by atoms with E-state index in [-0.39, 0.29) is 5.84 Å². The summed E-state index contributed by atoms with van der Waals surface area (Å²) in [4.78, 5) is 20.5. The number of methoxy groups -OCH3 is 1. The molecule has 2 rings (SSSR count). The van der Waals surface area contributed by atoms with Crippen molar-refractivity contribution in [1.82, 2.24) is 4.98 Å². The lowest BCUT2D eigenvalue weighted by Crippen LogP contribution is -2.26. The van der Waals surface area contributed by atoms with Gasteiger partial charge in [0.25, 0.3) is 0 Å². The van der Waals surface area contributed by atoms with Gasteiger partial charge < -0.3 is 20.0 Å². The molecule has 1 unspecified atom stereocenters. The van der Waals surface area contributed by atoms with Crippen LogP contribution in [0.1, 0.15) is 12.5 Å². The minimum Gasteiger partial charge on any atom is -0.497 e. The van der Waals surface area contributed by atoms with E-state index in [1.807, 2.05) is 0 Å². The molecule has 0 saturated carbocycles. The van der Waals surface area contributed by atoms with Gasteiger partial charge in [0, 0.05) is 18.0 Å². The minimum atomic E-state index is -0.836. The Hall–Kier alpha value is -3.09. The molecule has 0 aliphatic rings. The number of benzene rings is 1. The van der Waals surface area contributed by atoms with Gasteiger partial charge in [-0.1, -0.05) is 5.16 Å². The van der Waals surface area contributed by atoms with Crippen molar-refractivity contribution in [3.8, 4) is 11.5 Å². The second-order valence-electron chi connectivity index (χ2n) is 4.56. The van der Waals surface area contributed by atoms with Gasteiger partial charge in [0.15, 0.2) is 11.9 Å². The highest BCUT2D eigenvalue weighted by Crippen LogP contribution is 2.18. The molecular weight excluding hydrogens is 298 g/mol. The molecule has 2 aromatic rings. The number of nitrogens with two attached hydrogens (primary N) is 1. The molecule has 1 aromatic heterocycles. The zero-order valence-electron chi connectivity index (χ0n) is 12.8. The molecule has 0 bridgehead atoms. The molecule has 0 aliphatic carbocycles. The third-order valence-corrected chi connectivity index (χ3v) is 2.91. The first-order valence-corrected chi connectivity index (χ1v) is 6.85. The van der Waals surface area contributed by atoms with E-state index in [0.29, 0.717) is 17.1 Å². The van der Waals surface area contributed by atoms with E-state index in [1.54, 1.807) is 62.8 Å². The van der Waals surface area contributed by atoms with Gasteiger partial charge in [-0.3, -0.25) is 4.98 Å².